The molecule has 4 aromatic carbocycles. The van der Waals surface area contributed by atoms with Crippen LogP contribution in [-0.4, -0.2) is 131 Å². The number of carbonyl (C=O) groups is 2. The molecule has 2 aliphatic rings. The molecule has 0 saturated carbocycles. The summed E-state index contributed by atoms with van der Waals surface area (Å²) in [6.07, 6.45) is 3.49. The minimum Gasteiger partial charge on any atom is -0.496 e. The Morgan fingerprint density at radius 1 is 0.582 bits per heavy atom. The first-order chi connectivity index (χ1) is 32.2. The van der Waals surface area contributed by atoms with Gasteiger partial charge in [0.05, 0.1) is 116 Å². The second kappa shape index (κ2) is 22.0. The molecule has 6 rings (SSSR count). The molecule has 0 aromatic heterocycles. The summed E-state index contributed by atoms with van der Waals surface area (Å²) in [6.45, 7) is 7.59. The van der Waals surface area contributed by atoms with Crippen LogP contribution in [0.25, 0.3) is 0 Å². The van der Waals surface area contributed by atoms with Gasteiger partial charge in [-0.15, -0.1) is 0 Å². The van der Waals surface area contributed by atoms with E-state index in [1.54, 1.807) is 56.9 Å². The minimum absolute atomic E-state index is 0.0000709. The molecule has 0 amide bonds. The fourth-order valence-corrected chi connectivity index (χ4v) is 10.1. The first kappa shape index (κ1) is 50.1. The van der Waals surface area contributed by atoms with Crippen molar-refractivity contribution in [3.8, 4) is 57.8 Å². The van der Waals surface area contributed by atoms with E-state index in [-0.39, 0.29) is 25.3 Å². The number of aryl methyl sites for hydroxylation is 1. The fraction of sp³-hybridized carbons (Fsp3) is 0.472. The van der Waals surface area contributed by atoms with Gasteiger partial charge >= 0.3 is 11.9 Å². The molecule has 4 unspecified atom stereocenters. The van der Waals surface area contributed by atoms with E-state index in [1.165, 1.54) is 16.7 Å². The Morgan fingerprint density at radius 3 is 1.67 bits per heavy atom. The summed E-state index contributed by atoms with van der Waals surface area (Å²) < 4.78 is 58.1. The lowest BCUT2D eigenvalue weighted by Gasteiger charge is -2.46. The molecule has 0 aliphatic carbocycles. The van der Waals surface area contributed by atoms with Crippen molar-refractivity contribution >= 4 is 11.9 Å². The molecule has 0 fully saturated rings. The first-order valence-corrected chi connectivity index (χ1v) is 22.7. The Kier molecular flexibility index (Phi) is 16.5. The number of methoxy groups -OCH3 is 8. The van der Waals surface area contributed by atoms with Crippen molar-refractivity contribution in [2.24, 2.45) is 0 Å². The van der Waals surface area contributed by atoms with E-state index in [2.05, 4.69) is 64.0 Å². The molecule has 0 N–H and O–H groups in total. The molecular formula is C53H68N2O12+2. The number of quaternary nitrogens is 2. The number of carbonyl (C=O) groups excluding carboxylic acids is 2. The summed E-state index contributed by atoms with van der Waals surface area (Å²) in [6, 6.07) is 16.4. The van der Waals surface area contributed by atoms with Crippen molar-refractivity contribution < 1.29 is 65.9 Å². The monoisotopic (exact) mass is 924 g/mol. The smallest absolute Gasteiger partial charge is 0.384 e. The summed E-state index contributed by atoms with van der Waals surface area (Å²) in [4.78, 5) is 25.6. The number of likely N-dealkylation sites (N-methyl/N-ethyl adjacent to an activating group) is 2. The van der Waals surface area contributed by atoms with Crippen LogP contribution in [0.1, 0.15) is 69.4 Å². The van der Waals surface area contributed by atoms with Gasteiger partial charge < -0.3 is 56.3 Å². The fourth-order valence-electron chi connectivity index (χ4n) is 10.1. The Bertz CT molecular complexity index is 2470. The van der Waals surface area contributed by atoms with Crippen LogP contribution >= 0.6 is 0 Å². The third-order valence-electron chi connectivity index (χ3n) is 13.8. The van der Waals surface area contributed by atoms with Crippen molar-refractivity contribution in [1.82, 2.24) is 0 Å². The lowest BCUT2D eigenvalue weighted by atomic mass is 9.83. The van der Waals surface area contributed by atoms with E-state index >= 15 is 0 Å². The van der Waals surface area contributed by atoms with Crippen LogP contribution in [-0.2, 0) is 38.3 Å². The highest BCUT2D eigenvalue weighted by atomic mass is 16.5. The predicted octanol–water partition coefficient (Wildman–Crippen LogP) is 7.32. The normalized spacial score (nSPS) is 19.3. The molecule has 0 saturated heterocycles. The Balaban J connectivity index is 1.08. The maximum absolute atomic E-state index is 12.8. The van der Waals surface area contributed by atoms with Crippen LogP contribution in [0.4, 0.5) is 0 Å². The molecule has 4 aromatic rings. The zero-order valence-electron chi connectivity index (χ0n) is 41.3. The summed E-state index contributed by atoms with van der Waals surface area (Å²) in [7, 11) is 17.5. The maximum atomic E-state index is 12.8. The molecular weight excluding hydrogens is 857 g/mol. The van der Waals surface area contributed by atoms with Crippen molar-refractivity contribution in [3.05, 3.63) is 93.0 Å². The summed E-state index contributed by atoms with van der Waals surface area (Å²) in [5.74, 6) is 8.33. The molecule has 0 bridgehead atoms. The van der Waals surface area contributed by atoms with Gasteiger partial charge in [-0.1, -0.05) is 6.07 Å². The van der Waals surface area contributed by atoms with Gasteiger partial charge in [-0.2, -0.15) is 0 Å². The number of hydrogen-bond donors (Lipinski definition) is 0. The van der Waals surface area contributed by atoms with E-state index < -0.39 is 11.9 Å². The molecule has 4 atom stereocenters. The van der Waals surface area contributed by atoms with Crippen molar-refractivity contribution in [3.63, 3.8) is 0 Å². The topological polar surface area (TPSA) is 126 Å². The van der Waals surface area contributed by atoms with Crippen molar-refractivity contribution in [2.45, 2.75) is 58.0 Å². The number of nitrogens with zero attached hydrogens (tertiary/aromatic N) is 2. The average Bonchev–Trinajstić information content (AvgIpc) is 3.34. The van der Waals surface area contributed by atoms with E-state index in [0.717, 1.165) is 59.5 Å². The Morgan fingerprint density at radius 2 is 1.10 bits per heavy atom. The summed E-state index contributed by atoms with van der Waals surface area (Å²) >= 11 is 0. The summed E-state index contributed by atoms with van der Waals surface area (Å²) in [5, 5.41) is 0. The average molecular weight is 925 g/mol. The predicted molar refractivity (Wildman–Crippen MR) is 254 cm³/mol. The van der Waals surface area contributed by atoms with Gasteiger partial charge in [-0.3, -0.25) is 0 Å². The number of rotatable bonds is 19. The molecule has 2 aliphatic heterocycles. The number of fused-ring (bicyclic) bond motifs is 2. The highest BCUT2D eigenvalue weighted by Crippen LogP contribution is 2.48. The number of ether oxygens (including phenoxy) is 10. The van der Waals surface area contributed by atoms with Gasteiger partial charge in [0.2, 0.25) is 5.75 Å². The zero-order chi connectivity index (χ0) is 48.5. The van der Waals surface area contributed by atoms with Gasteiger partial charge in [0.15, 0.2) is 34.5 Å². The maximum Gasteiger partial charge on any atom is 0.384 e. The summed E-state index contributed by atoms with van der Waals surface area (Å²) in [5.41, 5.74) is 9.14. The number of hydrogen-bond acceptors (Lipinski definition) is 12. The van der Waals surface area contributed by atoms with Crippen molar-refractivity contribution in [2.75, 3.05) is 110 Å². The van der Waals surface area contributed by atoms with E-state index in [9.17, 15) is 9.59 Å². The van der Waals surface area contributed by atoms with Gasteiger partial charge in [0.1, 0.15) is 17.8 Å². The molecule has 0 spiro atoms. The van der Waals surface area contributed by atoms with Crippen LogP contribution in [0, 0.1) is 25.7 Å². The highest BCUT2D eigenvalue weighted by Gasteiger charge is 2.44. The first-order valence-electron chi connectivity index (χ1n) is 22.7. The molecule has 360 valence electrons. The van der Waals surface area contributed by atoms with Crippen LogP contribution in [0.2, 0.25) is 0 Å². The van der Waals surface area contributed by atoms with Gasteiger partial charge in [-0.25, -0.2) is 9.59 Å². The lowest BCUT2D eigenvalue weighted by Crippen LogP contribution is -2.52. The Labute approximate surface area is 396 Å². The largest absolute Gasteiger partial charge is 0.496 e. The van der Waals surface area contributed by atoms with Crippen molar-refractivity contribution in [1.29, 1.82) is 0 Å². The van der Waals surface area contributed by atoms with Gasteiger partial charge in [0, 0.05) is 55.1 Å². The third kappa shape index (κ3) is 10.8. The lowest BCUT2D eigenvalue weighted by molar-refractivity contribution is -0.941. The SMILES string of the molecule is COc1ccc(C2c3c(cc(C)c(C)c3OC)CC[N+]2(C)CCCOC(=O)C#CC(=O)OCCC[N+]2(C)CCc3cc(OC)c(OC)cc3C2Cc2cc(OC)c(OC)c(OC)c2)cc1OC. The second-order valence-corrected chi connectivity index (χ2v) is 17.7. The highest BCUT2D eigenvalue weighted by molar-refractivity contribution is 5.98. The molecule has 0 radical (unpaired) electrons. The van der Waals surface area contributed by atoms with E-state index in [4.69, 9.17) is 47.4 Å². The number of esters is 2. The molecule has 14 heteroatoms. The molecule has 67 heavy (non-hydrogen) atoms. The molecule has 2 heterocycles. The van der Waals surface area contributed by atoms with Crippen LogP contribution in [0.15, 0.2) is 48.5 Å². The van der Waals surface area contributed by atoms with Crippen LogP contribution < -0.4 is 37.9 Å². The van der Waals surface area contributed by atoms with E-state index in [0.29, 0.717) is 81.6 Å². The minimum atomic E-state index is -0.781. The van der Waals surface area contributed by atoms with Gasteiger partial charge in [-0.05, 0) is 84.1 Å². The standard InChI is InChI=1S/C53H68N2O12/c1-34-27-38-20-24-55(4,51(50(38)52(64-11)35(34)2)39-15-16-42(58-5)43(32-39)59-6)22-14-26-67-49(57)18-17-48(56)66-25-13-21-54(3)23-19-37-31-44(60-7)45(61-8)33-40(37)41(54)28-36-29-46(62-9)53(65-12)47(30-36)63-10/h15-16,27,29-33,41,51H,13-14,19-26,28H2,1-12H3/q+2. The second-order valence-electron chi connectivity index (χ2n) is 17.7. The third-order valence-corrected chi connectivity index (χ3v) is 13.8. The van der Waals surface area contributed by atoms with Gasteiger partial charge in [0.25, 0.3) is 0 Å². The Hall–Kier alpha value is -6.30. The van der Waals surface area contributed by atoms with Crippen LogP contribution in [0.3, 0.4) is 0 Å². The zero-order valence-corrected chi connectivity index (χ0v) is 41.3. The van der Waals surface area contributed by atoms with E-state index in [1.807, 2.05) is 24.3 Å². The molecule has 14 nitrogen and oxygen atoms in total. The number of benzene rings is 4. The van der Waals surface area contributed by atoms with Crippen LogP contribution in [0.5, 0.6) is 46.0 Å². The quantitative estimate of drug-likeness (QED) is 0.0308.